The Morgan fingerprint density at radius 2 is 2.23 bits per heavy atom. The molecule has 1 N–H and O–H groups in total. The van der Waals surface area contributed by atoms with Crippen molar-refractivity contribution in [1.82, 2.24) is 10.1 Å². The maximum absolute atomic E-state index is 12.1. The Hall–Kier alpha value is -2.14. The van der Waals surface area contributed by atoms with Crippen LogP contribution in [0.4, 0.5) is 5.82 Å². The minimum absolute atomic E-state index is 0.0340. The molecule has 5 heteroatoms. The van der Waals surface area contributed by atoms with Crippen molar-refractivity contribution in [3.63, 3.8) is 0 Å². The average Bonchev–Trinajstić information content (AvgIpc) is 3.10. The first-order chi connectivity index (χ1) is 10.7. The SMILES string of the molecule is Cc1cc(NC(=O)CN2CCC[C@@H]2Cc2ccccc2)no1. The van der Waals surface area contributed by atoms with E-state index in [-0.39, 0.29) is 5.91 Å². The second kappa shape index (κ2) is 6.75. The summed E-state index contributed by atoms with van der Waals surface area (Å²) in [5.41, 5.74) is 1.33. The predicted molar refractivity (Wildman–Crippen MR) is 84.6 cm³/mol. The molecule has 1 fully saturated rings. The molecule has 22 heavy (non-hydrogen) atoms. The van der Waals surface area contributed by atoms with E-state index in [1.807, 2.05) is 6.07 Å². The van der Waals surface area contributed by atoms with Crippen LogP contribution in [0.15, 0.2) is 40.9 Å². The van der Waals surface area contributed by atoms with Crippen LogP contribution >= 0.6 is 0 Å². The van der Waals surface area contributed by atoms with E-state index in [0.717, 1.165) is 25.8 Å². The lowest BCUT2D eigenvalue weighted by Gasteiger charge is -2.23. The second-order valence-corrected chi connectivity index (χ2v) is 5.83. The number of benzene rings is 1. The smallest absolute Gasteiger partial charge is 0.239 e. The molecule has 1 aromatic heterocycles. The molecule has 1 aliphatic heterocycles. The second-order valence-electron chi connectivity index (χ2n) is 5.83. The highest BCUT2D eigenvalue weighted by atomic mass is 16.5. The van der Waals surface area contributed by atoms with E-state index < -0.39 is 0 Å². The molecule has 1 aliphatic rings. The molecule has 5 nitrogen and oxygen atoms in total. The quantitative estimate of drug-likeness (QED) is 0.922. The van der Waals surface area contributed by atoms with E-state index in [9.17, 15) is 4.79 Å². The zero-order chi connectivity index (χ0) is 15.4. The molecule has 0 radical (unpaired) electrons. The number of amides is 1. The Labute approximate surface area is 130 Å². The lowest BCUT2D eigenvalue weighted by atomic mass is 10.0. The summed E-state index contributed by atoms with van der Waals surface area (Å²) < 4.78 is 4.96. The van der Waals surface area contributed by atoms with E-state index in [2.05, 4.69) is 39.6 Å². The first-order valence-electron chi connectivity index (χ1n) is 7.72. The Kier molecular flexibility index (Phi) is 4.53. The first-order valence-corrected chi connectivity index (χ1v) is 7.72. The summed E-state index contributed by atoms with van der Waals surface area (Å²) in [6.07, 6.45) is 3.29. The fraction of sp³-hybridized carbons (Fsp3) is 0.412. The van der Waals surface area contributed by atoms with Crippen molar-refractivity contribution in [3.8, 4) is 0 Å². The zero-order valence-electron chi connectivity index (χ0n) is 12.8. The molecule has 0 aliphatic carbocycles. The molecule has 0 unspecified atom stereocenters. The molecule has 116 valence electrons. The van der Waals surface area contributed by atoms with E-state index in [4.69, 9.17) is 4.52 Å². The van der Waals surface area contributed by atoms with Gasteiger partial charge in [0.1, 0.15) is 5.76 Å². The molecule has 2 aromatic rings. The molecule has 1 aromatic carbocycles. The largest absolute Gasteiger partial charge is 0.360 e. The lowest BCUT2D eigenvalue weighted by molar-refractivity contribution is -0.117. The van der Waals surface area contributed by atoms with E-state index >= 15 is 0 Å². The van der Waals surface area contributed by atoms with Gasteiger partial charge in [0.25, 0.3) is 0 Å². The van der Waals surface area contributed by atoms with Crippen LogP contribution in [0.1, 0.15) is 24.2 Å². The van der Waals surface area contributed by atoms with Crippen LogP contribution in [-0.4, -0.2) is 35.1 Å². The van der Waals surface area contributed by atoms with Crippen LogP contribution in [-0.2, 0) is 11.2 Å². The molecular formula is C17H21N3O2. The molecule has 1 atom stereocenters. The van der Waals surface area contributed by atoms with Crippen LogP contribution in [0.25, 0.3) is 0 Å². The number of nitrogens with one attached hydrogen (secondary N) is 1. The van der Waals surface area contributed by atoms with Gasteiger partial charge < -0.3 is 9.84 Å². The van der Waals surface area contributed by atoms with Crippen LogP contribution < -0.4 is 5.32 Å². The lowest BCUT2D eigenvalue weighted by Crippen LogP contribution is -2.37. The summed E-state index contributed by atoms with van der Waals surface area (Å²) in [5, 5.41) is 6.58. The van der Waals surface area contributed by atoms with E-state index in [1.54, 1.807) is 13.0 Å². The number of hydrogen-bond donors (Lipinski definition) is 1. The standard InChI is InChI=1S/C17H21N3O2/c1-13-10-16(19-22-13)18-17(21)12-20-9-5-8-15(20)11-14-6-3-2-4-7-14/h2-4,6-7,10,15H,5,8-9,11-12H2,1H3,(H,18,19,21)/t15-/m1/s1. The number of carbonyl (C=O) groups excluding carboxylic acids is 1. The highest BCUT2D eigenvalue weighted by molar-refractivity contribution is 5.91. The van der Waals surface area contributed by atoms with E-state index in [0.29, 0.717) is 24.2 Å². The monoisotopic (exact) mass is 299 g/mol. The maximum atomic E-state index is 12.1. The van der Waals surface area contributed by atoms with Crippen molar-refractivity contribution in [2.24, 2.45) is 0 Å². The van der Waals surface area contributed by atoms with Gasteiger partial charge in [0.05, 0.1) is 6.54 Å². The van der Waals surface area contributed by atoms with Crippen molar-refractivity contribution in [2.45, 2.75) is 32.2 Å². The number of anilines is 1. The molecule has 3 rings (SSSR count). The van der Waals surface area contributed by atoms with Crippen LogP contribution in [0.5, 0.6) is 0 Å². The van der Waals surface area contributed by atoms with Crippen LogP contribution in [0, 0.1) is 6.92 Å². The Balaban J connectivity index is 1.55. The molecular weight excluding hydrogens is 278 g/mol. The summed E-state index contributed by atoms with van der Waals surface area (Å²) >= 11 is 0. The Bertz CT molecular complexity index is 624. The first kappa shape index (κ1) is 14.8. The minimum Gasteiger partial charge on any atom is -0.360 e. The Morgan fingerprint density at radius 3 is 2.95 bits per heavy atom. The number of aryl methyl sites for hydroxylation is 1. The van der Waals surface area contributed by atoms with Crippen molar-refractivity contribution >= 4 is 11.7 Å². The molecule has 1 amide bonds. The zero-order valence-corrected chi connectivity index (χ0v) is 12.8. The third kappa shape index (κ3) is 3.74. The van der Waals surface area contributed by atoms with Crippen LogP contribution in [0.3, 0.4) is 0 Å². The van der Waals surface area contributed by atoms with Gasteiger partial charge in [0, 0.05) is 12.1 Å². The third-order valence-corrected chi connectivity index (χ3v) is 4.06. The molecule has 0 spiro atoms. The summed E-state index contributed by atoms with van der Waals surface area (Å²) in [4.78, 5) is 14.4. The average molecular weight is 299 g/mol. The van der Waals surface area contributed by atoms with Gasteiger partial charge in [0.15, 0.2) is 5.82 Å². The van der Waals surface area contributed by atoms with Gasteiger partial charge in [-0.05, 0) is 38.3 Å². The minimum atomic E-state index is -0.0340. The topological polar surface area (TPSA) is 58.4 Å². The van der Waals surface area contributed by atoms with Gasteiger partial charge in [0.2, 0.25) is 5.91 Å². The fourth-order valence-electron chi connectivity index (χ4n) is 3.01. The van der Waals surface area contributed by atoms with E-state index in [1.165, 1.54) is 5.56 Å². The van der Waals surface area contributed by atoms with Crippen LogP contribution in [0.2, 0.25) is 0 Å². The van der Waals surface area contributed by atoms with Gasteiger partial charge in [-0.2, -0.15) is 0 Å². The Morgan fingerprint density at radius 1 is 1.41 bits per heavy atom. The van der Waals surface area contributed by atoms with Gasteiger partial charge in [-0.3, -0.25) is 9.69 Å². The number of nitrogens with zero attached hydrogens (tertiary/aromatic N) is 2. The predicted octanol–water partition coefficient (Wildman–Crippen LogP) is 2.63. The van der Waals surface area contributed by atoms with Crippen molar-refractivity contribution in [1.29, 1.82) is 0 Å². The maximum Gasteiger partial charge on any atom is 0.239 e. The van der Waals surface area contributed by atoms with Crippen molar-refractivity contribution in [2.75, 3.05) is 18.4 Å². The number of aromatic nitrogens is 1. The molecule has 0 saturated carbocycles. The molecule has 0 bridgehead atoms. The highest BCUT2D eigenvalue weighted by Crippen LogP contribution is 2.21. The molecule has 2 heterocycles. The van der Waals surface area contributed by atoms with Gasteiger partial charge >= 0.3 is 0 Å². The molecule has 1 saturated heterocycles. The normalized spacial score (nSPS) is 18.5. The third-order valence-electron chi connectivity index (χ3n) is 4.06. The number of rotatable bonds is 5. The van der Waals surface area contributed by atoms with Gasteiger partial charge in [-0.25, -0.2) is 0 Å². The summed E-state index contributed by atoms with van der Waals surface area (Å²) in [7, 11) is 0. The highest BCUT2D eigenvalue weighted by Gasteiger charge is 2.26. The van der Waals surface area contributed by atoms with Gasteiger partial charge in [-0.15, -0.1) is 0 Å². The summed E-state index contributed by atoms with van der Waals surface area (Å²) in [5.74, 6) is 1.15. The summed E-state index contributed by atoms with van der Waals surface area (Å²) in [6, 6.07) is 12.6. The fourth-order valence-corrected chi connectivity index (χ4v) is 3.01. The number of carbonyl (C=O) groups is 1. The van der Waals surface area contributed by atoms with Crippen molar-refractivity contribution in [3.05, 3.63) is 47.7 Å². The van der Waals surface area contributed by atoms with Gasteiger partial charge in [-0.1, -0.05) is 35.5 Å². The summed E-state index contributed by atoms with van der Waals surface area (Å²) in [6.45, 7) is 3.19. The van der Waals surface area contributed by atoms with Crippen molar-refractivity contribution < 1.29 is 9.32 Å². The number of hydrogen-bond acceptors (Lipinski definition) is 4. The number of likely N-dealkylation sites (tertiary alicyclic amines) is 1.